The number of carbonyl (C=O) groups excluding carboxylic acids is 2. The normalized spacial score (nSPS) is 13.0. The Hall–Kier alpha value is -2.41. The van der Waals surface area contributed by atoms with E-state index < -0.39 is 12.0 Å². The molecule has 7 nitrogen and oxygen atoms in total. The number of unbranched alkanes of at least 4 members (excludes halogenated alkanes) is 21. The number of ether oxygens (including phenoxy) is 1. The highest BCUT2D eigenvalue weighted by molar-refractivity contribution is 5.83. The molecule has 0 spiro atoms. The Morgan fingerprint density at radius 2 is 1.06 bits per heavy atom. The molecule has 4 N–H and O–H groups in total. The molecular formula is C45H82N2O5. The third kappa shape index (κ3) is 36.0. The van der Waals surface area contributed by atoms with E-state index in [1.54, 1.807) is 0 Å². The van der Waals surface area contributed by atoms with Gasteiger partial charge >= 0.3 is 11.9 Å². The lowest BCUT2D eigenvalue weighted by Crippen LogP contribution is -2.40. The fourth-order valence-electron chi connectivity index (χ4n) is 6.38. The van der Waals surface area contributed by atoms with Crippen molar-refractivity contribution in [2.24, 2.45) is 5.73 Å². The largest absolute Gasteiger partial charge is 0.480 e. The van der Waals surface area contributed by atoms with Gasteiger partial charge in [0.15, 0.2) is 0 Å². The van der Waals surface area contributed by atoms with Crippen LogP contribution >= 0.6 is 0 Å². The second-order valence-corrected chi connectivity index (χ2v) is 14.8. The highest BCUT2D eigenvalue weighted by atomic mass is 16.5. The van der Waals surface area contributed by atoms with Gasteiger partial charge in [-0.15, -0.1) is 0 Å². The zero-order chi connectivity index (χ0) is 38.2. The maximum Gasteiger partial charge on any atom is 0.326 e. The van der Waals surface area contributed by atoms with Gasteiger partial charge in [-0.3, -0.25) is 9.59 Å². The first-order valence-corrected chi connectivity index (χ1v) is 21.8. The van der Waals surface area contributed by atoms with Crippen molar-refractivity contribution in [1.29, 1.82) is 0 Å². The third-order valence-corrected chi connectivity index (χ3v) is 9.69. The summed E-state index contributed by atoms with van der Waals surface area (Å²) in [5.41, 5.74) is 5.48. The van der Waals surface area contributed by atoms with E-state index in [9.17, 15) is 19.5 Å². The number of allylic oxidation sites excluding steroid dienone is 5. The van der Waals surface area contributed by atoms with Crippen molar-refractivity contribution in [3.05, 3.63) is 36.5 Å². The van der Waals surface area contributed by atoms with Gasteiger partial charge in [0.05, 0.1) is 0 Å². The van der Waals surface area contributed by atoms with Crippen molar-refractivity contribution < 1.29 is 24.2 Å². The lowest BCUT2D eigenvalue weighted by Gasteiger charge is -2.15. The molecule has 0 radical (unpaired) electrons. The van der Waals surface area contributed by atoms with E-state index in [2.05, 4.69) is 55.6 Å². The van der Waals surface area contributed by atoms with E-state index in [0.29, 0.717) is 32.2 Å². The number of aliphatic carboxylic acids is 1. The minimum Gasteiger partial charge on any atom is -0.480 e. The molecule has 1 amide bonds. The van der Waals surface area contributed by atoms with Crippen LogP contribution in [0, 0.1) is 0 Å². The van der Waals surface area contributed by atoms with Gasteiger partial charge in [0, 0.05) is 12.8 Å². The Bertz CT molecular complexity index is 915. The van der Waals surface area contributed by atoms with E-state index in [4.69, 9.17) is 10.5 Å². The van der Waals surface area contributed by atoms with Crippen LogP contribution in [0.4, 0.5) is 0 Å². The first-order valence-electron chi connectivity index (χ1n) is 21.8. The van der Waals surface area contributed by atoms with Crippen LogP contribution in [0.2, 0.25) is 0 Å². The average Bonchev–Trinajstić information content (AvgIpc) is 3.13. The molecular weight excluding hydrogens is 649 g/mol. The number of carboxylic acid groups (broad SMARTS) is 1. The lowest BCUT2D eigenvalue weighted by molar-refractivity contribution is -0.147. The van der Waals surface area contributed by atoms with Gasteiger partial charge in [0.2, 0.25) is 5.91 Å². The van der Waals surface area contributed by atoms with Crippen molar-refractivity contribution in [2.45, 2.75) is 225 Å². The van der Waals surface area contributed by atoms with Crippen LogP contribution in [0.1, 0.15) is 213 Å². The van der Waals surface area contributed by atoms with E-state index in [-0.39, 0.29) is 18.0 Å². The number of carboxylic acids is 1. The summed E-state index contributed by atoms with van der Waals surface area (Å²) in [6.07, 6.45) is 46.3. The van der Waals surface area contributed by atoms with Gasteiger partial charge in [0.25, 0.3) is 0 Å². The number of hydrogen-bond donors (Lipinski definition) is 3. The summed E-state index contributed by atoms with van der Waals surface area (Å²) in [7, 11) is 0. The van der Waals surface area contributed by atoms with Gasteiger partial charge in [0.1, 0.15) is 12.1 Å². The first kappa shape index (κ1) is 49.6. The number of esters is 1. The topological polar surface area (TPSA) is 119 Å². The Morgan fingerprint density at radius 3 is 1.62 bits per heavy atom. The Balaban J connectivity index is 4.39. The summed E-state index contributed by atoms with van der Waals surface area (Å²) in [5, 5.41) is 11.9. The van der Waals surface area contributed by atoms with Crippen LogP contribution in [-0.4, -0.2) is 41.6 Å². The molecule has 0 heterocycles. The molecule has 0 fully saturated rings. The number of amides is 1. The number of nitrogens with one attached hydrogen (secondary N) is 1. The molecule has 0 aliphatic rings. The van der Waals surface area contributed by atoms with E-state index >= 15 is 0 Å². The van der Waals surface area contributed by atoms with E-state index in [0.717, 1.165) is 70.6 Å². The summed E-state index contributed by atoms with van der Waals surface area (Å²) < 4.78 is 5.94. The predicted molar refractivity (Wildman–Crippen MR) is 220 cm³/mol. The van der Waals surface area contributed by atoms with Gasteiger partial charge < -0.3 is 20.9 Å². The number of rotatable bonds is 39. The highest BCUT2D eigenvalue weighted by Gasteiger charge is 2.18. The predicted octanol–water partition coefficient (Wildman–Crippen LogP) is 12.2. The fourth-order valence-corrected chi connectivity index (χ4v) is 6.38. The summed E-state index contributed by atoms with van der Waals surface area (Å²) in [6.45, 7) is 4.91. The summed E-state index contributed by atoms with van der Waals surface area (Å²) in [6, 6.07) is -0.865. The maximum atomic E-state index is 12.7. The number of hydrogen-bond acceptors (Lipinski definition) is 5. The van der Waals surface area contributed by atoms with Crippen molar-refractivity contribution in [3.8, 4) is 0 Å². The van der Waals surface area contributed by atoms with Crippen molar-refractivity contribution in [1.82, 2.24) is 5.32 Å². The molecule has 0 aromatic carbocycles. The van der Waals surface area contributed by atoms with Crippen LogP contribution in [0.5, 0.6) is 0 Å². The van der Waals surface area contributed by atoms with Crippen molar-refractivity contribution in [2.75, 3.05) is 6.54 Å². The van der Waals surface area contributed by atoms with Crippen LogP contribution in [-0.2, 0) is 19.1 Å². The van der Waals surface area contributed by atoms with Gasteiger partial charge in [-0.25, -0.2) is 4.79 Å². The summed E-state index contributed by atoms with van der Waals surface area (Å²) >= 11 is 0. The summed E-state index contributed by atoms with van der Waals surface area (Å²) in [5.74, 6) is -1.32. The monoisotopic (exact) mass is 731 g/mol. The molecule has 0 aliphatic carbocycles. The zero-order valence-corrected chi connectivity index (χ0v) is 33.9. The van der Waals surface area contributed by atoms with E-state index in [1.807, 2.05) is 0 Å². The average molecular weight is 731 g/mol. The van der Waals surface area contributed by atoms with Gasteiger partial charge in [-0.1, -0.05) is 166 Å². The molecule has 7 heteroatoms. The molecule has 2 unspecified atom stereocenters. The SMILES string of the molecule is CCCCC/C=C\C/C=C\C/C=C\C(CCCCCCCC(=O)NC(CCCN)C(=O)O)OC(=O)CCCCCCCCCCCCCCCCC. The molecule has 2 atom stereocenters. The smallest absolute Gasteiger partial charge is 0.326 e. The first-order chi connectivity index (χ1) is 25.4. The van der Waals surface area contributed by atoms with Gasteiger partial charge in [-0.05, 0) is 76.8 Å². The Kier molecular flexibility index (Phi) is 37.9. The van der Waals surface area contributed by atoms with Crippen LogP contribution in [0.15, 0.2) is 36.5 Å². The molecule has 52 heavy (non-hydrogen) atoms. The molecule has 0 saturated carbocycles. The minimum atomic E-state index is -1.01. The van der Waals surface area contributed by atoms with Crippen LogP contribution in [0.3, 0.4) is 0 Å². The molecule has 0 aromatic heterocycles. The standard InChI is InChI=1S/C45H82N2O5/c1-3-5-7-9-11-13-15-16-17-18-20-22-24-29-33-39-44(49)52-41(35-30-26-23-21-19-14-12-10-8-6-4-2)36-31-27-25-28-32-38-43(48)47-42(45(50)51)37-34-40-46/h12,14,21,23,30,35,41-42H,3-11,13,15-20,22,24-29,31-34,36-40,46H2,1-2H3,(H,47,48)(H,50,51)/b14-12-,23-21-,35-30-. The zero-order valence-electron chi connectivity index (χ0n) is 33.9. The second kappa shape index (κ2) is 39.8. The third-order valence-electron chi connectivity index (χ3n) is 9.69. The quantitative estimate of drug-likeness (QED) is 0.0329. The molecule has 0 saturated heterocycles. The summed E-state index contributed by atoms with van der Waals surface area (Å²) in [4.78, 5) is 36.3. The van der Waals surface area contributed by atoms with Crippen LogP contribution in [0.25, 0.3) is 0 Å². The van der Waals surface area contributed by atoms with Crippen molar-refractivity contribution in [3.63, 3.8) is 0 Å². The van der Waals surface area contributed by atoms with Crippen LogP contribution < -0.4 is 11.1 Å². The molecule has 302 valence electrons. The fraction of sp³-hybridized carbons (Fsp3) is 0.800. The second-order valence-electron chi connectivity index (χ2n) is 14.8. The number of nitrogens with two attached hydrogens (primary N) is 1. The molecule has 0 aromatic rings. The highest BCUT2D eigenvalue weighted by Crippen LogP contribution is 2.16. The molecule has 0 aliphatic heterocycles. The lowest BCUT2D eigenvalue weighted by atomic mass is 10.0. The van der Waals surface area contributed by atoms with E-state index in [1.165, 1.54) is 103 Å². The maximum absolute atomic E-state index is 12.7. The van der Waals surface area contributed by atoms with Crippen molar-refractivity contribution >= 4 is 17.8 Å². The molecule has 0 bridgehead atoms. The molecule has 0 rings (SSSR count). The Labute approximate surface area is 320 Å². The van der Waals surface area contributed by atoms with Gasteiger partial charge in [-0.2, -0.15) is 0 Å². The Morgan fingerprint density at radius 1 is 0.577 bits per heavy atom. The minimum absolute atomic E-state index is 0.0924. The number of carbonyl (C=O) groups is 3.